The number of aliphatic hydroxyl groups is 2. The van der Waals surface area contributed by atoms with Crippen molar-refractivity contribution in [2.45, 2.75) is 31.1 Å². The molecule has 0 saturated heterocycles. The van der Waals surface area contributed by atoms with Crippen LogP contribution >= 0.6 is 0 Å². The molecule has 3 atom stereocenters. The smallest absolute Gasteiger partial charge is 0.254 e. The molecule has 18 heavy (non-hydrogen) atoms. The van der Waals surface area contributed by atoms with Crippen molar-refractivity contribution in [2.75, 3.05) is 0 Å². The van der Waals surface area contributed by atoms with Gasteiger partial charge in [0.25, 0.3) is 5.91 Å². The zero-order chi connectivity index (χ0) is 13.3. The van der Waals surface area contributed by atoms with E-state index in [-0.39, 0.29) is 0 Å². The van der Waals surface area contributed by atoms with Crippen LogP contribution in [0.3, 0.4) is 0 Å². The molecule has 0 heterocycles. The molecule has 1 aliphatic carbocycles. The van der Waals surface area contributed by atoms with E-state index >= 15 is 0 Å². The number of hydrogen-bond donors (Lipinski definition) is 3. The first-order valence-corrected chi connectivity index (χ1v) is 5.61. The highest BCUT2D eigenvalue weighted by Crippen LogP contribution is 2.20. The van der Waals surface area contributed by atoms with E-state index in [1.54, 1.807) is 0 Å². The molecular formula is C12H13F2NO3. The number of amides is 1. The Bertz CT molecular complexity index is 467. The Hall–Kier alpha value is -1.53. The molecule has 0 spiro atoms. The first-order chi connectivity index (χ1) is 8.49. The van der Waals surface area contributed by atoms with Crippen LogP contribution < -0.4 is 5.32 Å². The van der Waals surface area contributed by atoms with Crippen LogP contribution in [0.5, 0.6) is 0 Å². The number of benzene rings is 1. The van der Waals surface area contributed by atoms with Crippen molar-refractivity contribution >= 4 is 5.91 Å². The Morgan fingerprint density at radius 2 is 2.00 bits per heavy atom. The minimum Gasteiger partial charge on any atom is -0.390 e. The van der Waals surface area contributed by atoms with Gasteiger partial charge in [-0.3, -0.25) is 4.79 Å². The molecule has 0 aliphatic heterocycles. The number of hydrogen-bond acceptors (Lipinski definition) is 3. The van der Waals surface area contributed by atoms with Crippen LogP contribution in [0.25, 0.3) is 0 Å². The summed E-state index contributed by atoms with van der Waals surface area (Å²) in [6.07, 6.45) is -1.22. The molecule has 3 N–H and O–H groups in total. The molecular weight excluding hydrogens is 244 g/mol. The molecule has 0 radical (unpaired) electrons. The molecule has 0 unspecified atom stereocenters. The number of nitrogens with one attached hydrogen (secondary N) is 1. The van der Waals surface area contributed by atoms with Crippen molar-refractivity contribution in [1.29, 1.82) is 0 Å². The Balaban J connectivity index is 2.10. The molecule has 1 saturated carbocycles. The molecule has 1 fully saturated rings. The zero-order valence-electron chi connectivity index (χ0n) is 9.44. The second-order valence-corrected chi connectivity index (χ2v) is 4.34. The summed E-state index contributed by atoms with van der Waals surface area (Å²) in [5, 5.41) is 21.2. The lowest BCUT2D eigenvalue weighted by Gasteiger charge is -2.18. The lowest BCUT2D eigenvalue weighted by molar-refractivity contribution is 0.0296. The molecule has 6 heteroatoms. The summed E-state index contributed by atoms with van der Waals surface area (Å²) in [7, 11) is 0. The number of carbonyl (C=O) groups is 1. The van der Waals surface area contributed by atoms with Gasteiger partial charge in [-0.2, -0.15) is 0 Å². The average molecular weight is 257 g/mol. The van der Waals surface area contributed by atoms with E-state index in [1.807, 2.05) is 0 Å². The van der Waals surface area contributed by atoms with Gasteiger partial charge < -0.3 is 15.5 Å². The van der Waals surface area contributed by atoms with Crippen molar-refractivity contribution in [3.8, 4) is 0 Å². The Kier molecular flexibility index (Phi) is 3.58. The molecule has 0 aromatic heterocycles. The third kappa shape index (κ3) is 2.49. The van der Waals surface area contributed by atoms with Crippen molar-refractivity contribution in [3.05, 3.63) is 35.4 Å². The van der Waals surface area contributed by atoms with E-state index in [0.717, 1.165) is 18.2 Å². The maximum Gasteiger partial charge on any atom is 0.254 e. The van der Waals surface area contributed by atoms with Gasteiger partial charge in [0.15, 0.2) is 0 Å². The lowest BCUT2D eigenvalue weighted by atomic mass is 10.1. The highest BCUT2D eigenvalue weighted by molar-refractivity contribution is 5.94. The van der Waals surface area contributed by atoms with E-state index in [4.69, 9.17) is 0 Å². The van der Waals surface area contributed by atoms with Crippen molar-refractivity contribution in [1.82, 2.24) is 5.32 Å². The molecule has 1 aliphatic rings. The number of carbonyl (C=O) groups excluding carboxylic acids is 1. The van der Waals surface area contributed by atoms with Gasteiger partial charge in [0, 0.05) is 0 Å². The maximum absolute atomic E-state index is 13.3. The predicted octanol–water partition coefficient (Wildman–Crippen LogP) is 0.579. The summed E-state index contributed by atoms with van der Waals surface area (Å²) in [5.41, 5.74) is -0.413. The molecule has 98 valence electrons. The van der Waals surface area contributed by atoms with E-state index in [0.29, 0.717) is 12.8 Å². The van der Waals surface area contributed by atoms with Gasteiger partial charge in [-0.15, -0.1) is 0 Å². The fourth-order valence-corrected chi connectivity index (χ4v) is 2.04. The number of halogens is 2. The van der Waals surface area contributed by atoms with Crippen LogP contribution in [0, 0.1) is 11.6 Å². The third-order valence-electron chi connectivity index (χ3n) is 3.07. The van der Waals surface area contributed by atoms with E-state index in [2.05, 4.69) is 5.32 Å². The van der Waals surface area contributed by atoms with Crippen LogP contribution in [-0.4, -0.2) is 34.4 Å². The van der Waals surface area contributed by atoms with Gasteiger partial charge in [0.1, 0.15) is 17.7 Å². The summed E-state index contributed by atoms with van der Waals surface area (Å²) >= 11 is 0. The highest BCUT2D eigenvalue weighted by atomic mass is 19.1. The van der Waals surface area contributed by atoms with E-state index in [1.165, 1.54) is 0 Å². The summed E-state index contributed by atoms with van der Waals surface area (Å²) < 4.78 is 26.3. The van der Waals surface area contributed by atoms with Crippen LogP contribution in [0.1, 0.15) is 23.2 Å². The topological polar surface area (TPSA) is 69.6 Å². The summed E-state index contributed by atoms with van der Waals surface area (Å²) in [4.78, 5) is 11.7. The first kappa shape index (κ1) is 12.9. The summed E-state index contributed by atoms with van der Waals surface area (Å²) in [6, 6.07) is 1.93. The largest absolute Gasteiger partial charge is 0.390 e. The molecule has 1 aromatic rings. The molecule has 1 aromatic carbocycles. The van der Waals surface area contributed by atoms with Crippen molar-refractivity contribution < 1.29 is 23.8 Å². The van der Waals surface area contributed by atoms with Gasteiger partial charge in [-0.1, -0.05) is 0 Å². The Morgan fingerprint density at radius 1 is 1.28 bits per heavy atom. The normalized spacial score (nSPS) is 27.2. The third-order valence-corrected chi connectivity index (χ3v) is 3.07. The Morgan fingerprint density at radius 3 is 2.61 bits per heavy atom. The lowest BCUT2D eigenvalue weighted by Crippen LogP contribution is -2.43. The monoisotopic (exact) mass is 257 g/mol. The minimum atomic E-state index is -1.08. The minimum absolute atomic E-state index is 0.359. The van der Waals surface area contributed by atoms with Gasteiger partial charge >= 0.3 is 0 Å². The molecule has 4 nitrogen and oxygen atoms in total. The standard InChI is InChI=1S/C12H13F2NO3/c13-6-1-2-8(14)7(5-6)12(18)15-9-3-4-10(16)11(9)17/h1-2,5,9-11,16-17H,3-4H2,(H,15,18)/t9-,10-,11-/m1/s1. The SMILES string of the molecule is O=C(N[C@@H]1CC[C@@H](O)[C@@H]1O)c1cc(F)ccc1F. The van der Waals surface area contributed by atoms with Gasteiger partial charge in [0.2, 0.25) is 0 Å². The Labute approximate surface area is 102 Å². The molecule has 1 amide bonds. The number of aliphatic hydroxyl groups excluding tert-OH is 2. The van der Waals surface area contributed by atoms with Crippen LogP contribution in [0.2, 0.25) is 0 Å². The van der Waals surface area contributed by atoms with Crippen LogP contribution in [-0.2, 0) is 0 Å². The van der Waals surface area contributed by atoms with Gasteiger partial charge in [0.05, 0.1) is 17.7 Å². The molecule has 0 bridgehead atoms. The van der Waals surface area contributed by atoms with E-state index in [9.17, 15) is 23.8 Å². The van der Waals surface area contributed by atoms with Crippen LogP contribution in [0.4, 0.5) is 8.78 Å². The zero-order valence-corrected chi connectivity index (χ0v) is 9.44. The van der Waals surface area contributed by atoms with Crippen LogP contribution in [0.15, 0.2) is 18.2 Å². The predicted molar refractivity (Wildman–Crippen MR) is 58.9 cm³/mol. The fourth-order valence-electron chi connectivity index (χ4n) is 2.04. The van der Waals surface area contributed by atoms with E-state index < -0.39 is 41.4 Å². The average Bonchev–Trinajstić information content (AvgIpc) is 2.64. The maximum atomic E-state index is 13.3. The van der Waals surface area contributed by atoms with Crippen molar-refractivity contribution in [3.63, 3.8) is 0 Å². The number of rotatable bonds is 2. The van der Waals surface area contributed by atoms with Crippen molar-refractivity contribution in [2.24, 2.45) is 0 Å². The first-order valence-electron chi connectivity index (χ1n) is 5.61. The van der Waals surface area contributed by atoms with Gasteiger partial charge in [-0.05, 0) is 31.0 Å². The summed E-state index contributed by atoms with van der Waals surface area (Å²) in [5.74, 6) is -2.35. The quantitative estimate of drug-likeness (QED) is 0.726. The second-order valence-electron chi connectivity index (χ2n) is 4.34. The highest BCUT2D eigenvalue weighted by Gasteiger charge is 2.34. The molecule has 2 rings (SSSR count). The van der Waals surface area contributed by atoms with Gasteiger partial charge in [-0.25, -0.2) is 8.78 Å². The summed E-state index contributed by atoms with van der Waals surface area (Å²) in [6.45, 7) is 0. The second kappa shape index (κ2) is 4.99. The fraction of sp³-hybridized carbons (Fsp3) is 0.417.